The van der Waals surface area contributed by atoms with Crippen molar-refractivity contribution >= 4 is 44.9 Å². The topological polar surface area (TPSA) is 92.8 Å². The van der Waals surface area contributed by atoms with E-state index in [-0.39, 0.29) is 26.9 Å². The number of rotatable bonds is 7. The van der Waals surface area contributed by atoms with Crippen molar-refractivity contribution in [1.82, 2.24) is 0 Å². The number of benzene rings is 3. The van der Waals surface area contributed by atoms with Crippen LogP contribution in [-0.2, 0) is 19.6 Å². The third kappa shape index (κ3) is 5.24. The zero-order valence-electron chi connectivity index (χ0n) is 16.8. The van der Waals surface area contributed by atoms with Gasteiger partial charge in [0.25, 0.3) is 10.0 Å². The molecule has 0 spiro atoms. The van der Waals surface area contributed by atoms with Gasteiger partial charge in [-0.25, -0.2) is 17.6 Å². The highest BCUT2D eigenvalue weighted by atomic mass is 35.5. The molecule has 3 aromatic carbocycles. The van der Waals surface area contributed by atoms with Gasteiger partial charge in [-0.15, -0.1) is 0 Å². The molecule has 7 nitrogen and oxygen atoms in total. The molecular weight excluding hydrogens is 459 g/mol. The Morgan fingerprint density at radius 2 is 1.69 bits per heavy atom. The molecular formula is C22H18ClFN2O5S. The van der Waals surface area contributed by atoms with Crippen molar-refractivity contribution in [3.63, 3.8) is 0 Å². The summed E-state index contributed by atoms with van der Waals surface area (Å²) in [7, 11) is -2.93. The third-order valence-electron chi connectivity index (χ3n) is 4.39. The minimum atomic E-state index is -4.15. The normalized spacial score (nSPS) is 11.0. The molecule has 0 aliphatic rings. The lowest BCUT2D eigenvalue weighted by atomic mass is 10.2. The minimum absolute atomic E-state index is 0.0390. The molecule has 0 aliphatic carbocycles. The summed E-state index contributed by atoms with van der Waals surface area (Å²) in [6, 6.07) is 16.4. The monoisotopic (exact) mass is 476 g/mol. The van der Waals surface area contributed by atoms with Gasteiger partial charge in [-0.1, -0.05) is 29.8 Å². The van der Waals surface area contributed by atoms with Crippen LogP contribution in [0.4, 0.5) is 15.8 Å². The van der Waals surface area contributed by atoms with E-state index < -0.39 is 34.3 Å². The Hall–Kier alpha value is -3.43. The highest BCUT2D eigenvalue weighted by molar-refractivity contribution is 7.92. The fourth-order valence-corrected chi connectivity index (χ4v) is 4.43. The molecule has 0 radical (unpaired) electrons. The highest BCUT2D eigenvalue weighted by Crippen LogP contribution is 2.26. The molecule has 1 N–H and O–H groups in total. The van der Waals surface area contributed by atoms with Gasteiger partial charge < -0.3 is 10.1 Å². The van der Waals surface area contributed by atoms with E-state index in [9.17, 15) is 22.4 Å². The fourth-order valence-electron chi connectivity index (χ4n) is 2.83. The van der Waals surface area contributed by atoms with Crippen LogP contribution >= 0.6 is 11.6 Å². The number of nitrogens with one attached hydrogen (secondary N) is 1. The van der Waals surface area contributed by atoms with Gasteiger partial charge in [0.15, 0.2) is 0 Å². The Balaban J connectivity index is 1.93. The number of ether oxygens (including phenoxy) is 1. The molecule has 3 aromatic rings. The van der Waals surface area contributed by atoms with Crippen molar-refractivity contribution in [3.8, 4) is 0 Å². The Morgan fingerprint density at radius 1 is 1.03 bits per heavy atom. The first-order valence-electron chi connectivity index (χ1n) is 9.23. The first-order chi connectivity index (χ1) is 15.2. The number of methoxy groups -OCH3 is 1. The van der Waals surface area contributed by atoms with Crippen LogP contribution in [0.1, 0.15) is 10.4 Å². The predicted molar refractivity (Wildman–Crippen MR) is 119 cm³/mol. The summed E-state index contributed by atoms with van der Waals surface area (Å²) in [6.07, 6.45) is 0. The second-order valence-corrected chi connectivity index (χ2v) is 8.81. The number of anilines is 2. The summed E-state index contributed by atoms with van der Waals surface area (Å²) < 4.78 is 45.3. The number of esters is 1. The second kappa shape index (κ2) is 9.80. The van der Waals surface area contributed by atoms with E-state index in [1.807, 2.05) is 0 Å². The van der Waals surface area contributed by atoms with Gasteiger partial charge >= 0.3 is 5.97 Å². The van der Waals surface area contributed by atoms with E-state index in [2.05, 4.69) is 10.1 Å². The number of nitrogens with zero attached hydrogens (tertiary/aromatic N) is 1. The maximum Gasteiger partial charge on any atom is 0.337 e. The van der Waals surface area contributed by atoms with Gasteiger partial charge in [0, 0.05) is 0 Å². The van der Waals surface area contributed by atoms with E-state index in [1.165, 1.54) is 49.6 Å². The highest BCUT2D eigenvalue weighted by Gasteiger charge is 2.27. The van der Waals surface area contributed by atoms with E-state index in [1.54, 1.807) is 18.2 Å². The molecule has 32 heavy (non-hydrogen) atoms. The summed E-state index contributed by atoms with van der Waals surface area (Å²) in [5.74, 6) is -1.91. The first-order valence-corrected chi connectivity index (χ1v) is 11.1. The van der Waals surface area contributed by atoms with Crippen molar-refractivity contribution in [2.75, 3.05) is 23.3 Å². The van der Waals surface area contributed by atoms with Crippen molar-refractivity contribution in [3.05, 3.63) is 89.2 Å². The summed E-state index contributed by atoms with van der Waals surface area (Å²) in [4.78, 5) is 24.5. The SMILES string of the molecule is COC(=O)c1ccc(Cl)c(NC(=O)CN(c2ccc(F)cc2)S(=O)(=O)c2ccccc2)c1. The smallest absolute Gasteiger partial charge is 0.337 e. The van der Waals surface area contributed by atoms with Gasteiger partial charge in [0.1, 0.15) is 12.4 Å². The average Bonchev–Trinajstić information content (AvgIpc) is 2.79. The maximum absolute atomic E-state index is 13.4. The largest absolute Gasteiger partial charge is 0.465 e. The Kier molecular flexibility index (Phi) is 7.12. The van der Waals surface area contributed by atoms with Crippen LogP contribution in [0.5, 0.6) is 0 Å². The zero-order chi connectivity index (χ0) is 23.3. The summed E-state index contributed by atoms with van der Waals surface area (Å²) in [6.45, 7) is -0.623. The first kappa shape index (κ1) is 23.2. The number of carbonyl (C=O) groups is 2. The minimum Gasteiger partial charge on any atom is -0.465 e. The summed E-state index contributed by atoms with van der Waals surface area (Å²) >= 11 is 6.10. The molecule has 10 heteroatoms. The molecule has 1 amide bonds. The lowest BCUT2D eigenvalue weighted by Crippen LogP contribution is -2.38. The van der Waals surface area contributed by atoms with Crippen LogP contribution in [0, 0.1) is 5.82 Å². The van der Waals surface area contributed by atoms with Crippen LogP contribution < -0.4 is 9.62 Å². The van der Waals surface area contributed by atoms with E-state index in [0.717, 1.165) is 16.4 Å². The number of sulfonamides is 1. The molecule has 0 heterocycles. The Labute approximate surface area is 189 Å². The van der Waals surface area contributed by atoms with Crippen LogP contribution in [-0.4, -0.2) is 33.9 Å². The van der Waals surface area contributed by atoms with Crippen molar-refractivity contribution < 1.29 is 27.1 Å². The number of halogens is 2. The molecule has 0 aromatic heterocycles. The van der Waals surface area contributed by atoms with Crippen molar-refractivity contribution in [2.24, 2.45) is 0 Å². The number of amides is 1. The molecule has 0 saturated heterocycles. The molecule has 0 bridgehead atoms. The molecule has 0 aliphatic heterocycles. The van der Waals surface area contributed by atoms with Crippen LogP contribution in [0.15, 0.2) is 77.7 Å². The van der Waals surface area contributed by atoms with Crippen LogP contribution in [0.3, 0.4) is 0 Å². The van der Waals surface area contributed by atoms with Crippen LogP contribution in [0.25, 0.3) is 0 Å². The van der Waals surface area contributed by atoms with Gasteiger partial charge in [-0.2, -0.15) is 0 Å². The number of hydrogen-bond acceptors (Lipinski definition) is 5. The lowest BCUT2D eigenvalue weighted by molar-refractivity contribution is -0.114. The maximum atomic E-state index is 13.4. The average molecular weight is 477 g/mol. The van der Waals surface area contributed by atoms with E-state index in [4.69, 9.17) is 11.6 Å². The van der Waals surface area contributed by atoms with Gasteiger partial charge in [0.2, 0.25) is 5.91 Å². The zero-order valence-corrected chi connectivity index (χ0v) is 18.4. The molecule has 0 atom stereocenters. The molecule has 0 fully saturated rings. The fraction of sp³-hybridized carbons (Fsp3) is 0.0909. The third-order valence-corrected chi connectivity index (χ3v) is 6.51. The van der Waals surface area contributed by atoms with E-state index >= 15 is 0 Å². The Bertz CT molecular complexity index is 1230. The predicted octanol–water partition coefficient (Wildman–Crippen LogP) is 4.10. The second-order valence-electron chi connectivity index (χ2n) is 6.54. The van der Waals surface area contributed by atoms with Crippen molar-refractivity contribution in [2.45, 2.75) is 4.90 Å². The summed E-state index contributed by atoms with van der Waals surface area (Å²) in [5, 5.41) is 2.65. The Morgan fingerprint density at radius 3 is 2.31 bits per heavy atom. The van der Waals surface area contributed by atoms with Gasteiger partial charge in [-0.05, 0) is 54.6 Å². The quantitative estimate of drug-likeness (QED) is 0.518. The number of hydrogen-bond donors (Lipinski definition) is 1. The molecule has 166 valence electrons. The number of carbonyl (C=O) groups excluding carboxylic acids is 2. The van der Waals surface area contributed by atoms with Gasteiger partial charge in [0.05, 0.1) is 34.0 Å². The molecule has 3 rings (SSSR count). The van der Waals surface area contributed by atoms with Crippen molar-refractivity contribution in [1.29, 1.82) is 0 Å². The lowest BCUT2D eigenvalue weighted by Gasteiger charge is -2.24. The van der Waals surface area contributed by atoms with Gasteiger partial charge in [-0.3, -0.25) is 9.10 Å². The summed E-state index contributed by atoms with van der Waals surface area (Å²) in [5.41, 5.74) is 0.357. The van der Waals surface area contributed by atoms with E-state index in [0.29, 0.717) is 0 Å². The molecule has 0 saturated carbocycles. The van der Waals surface area contributed by atoms with Crippen LogP contribution in [0.2, 0.25) is 5.02 Å². The molecule has 0 unspecified atom stereocenters. The standard InChI is InChI=1S/C22H18ClFN2O5S/c1-31-22(28)15-7-12-19(23)20(13-15)25-21(27)14-26(17-10-8-16(24)9-11-17)32(29,30)18-5-3-2-4-6-18/h2-13H,14H2,1H3,(H,25,27).